The molecule has 2 rings (SSSR count). The second-order valence-corrected chi connectivity index (χ2v) is 5.89. The van der Waals surface area contributed by atoms with Crippen LogP contribution in [0.2, 0.25) is 0 Å². The van der Waals surface area contributed by atoms with Crippen molar-refractivity contribution in [1.82, 2.24) is 0 Å². The molecule has 20 heavy (non-hydrogen) atoms. The van der Waals surface area contributed by atoms with Crippen LogP contribution in [0.3, 0.4) is 0 Å². The number of halogens is 1. The Kier molecular flexibility index (Phi) is 4.81. The molecule has 0 spiro atoms. The third-order valence-corrected chi connectivity index (χ3v) is 4.05. The molecule has 0 fully saturated rings. The number of thioether (sulfide) groups is 1. The maximum Gasteiger partial charge on any atom is 0.123 e. The van der Waals surface area contributed by atoms with Crippen LogP contribution in [0.25, 0.3) is 0 Å². The van der Waals surface area contributed by atoms with Gasteiger partial charge in [0, 0.05) is 11.5 Å². The first-order chi connectivity index (χ1) is 9.58. The van der Waals surface area contributed by atoms with Crippen molar-refractivity contribution in [2.45, 2.75) is 25.4 Å². The quantitative estimate of drug-likeness (QED) is 0.809. The van der Waals surface area contributed by atoms with Crippen molar-refractivity contribution in [3.63, 3.8) is 0 Å². The summed E-state index contributed by atoms with van der Waals surface area (Å²) in [5.74, 6) is 1.23. The van der Waals surface area contributed by atoms with Crippen LogP contribution >= 0.6 is 11.8 Å². The fraction of sp³-hybridized carbons (Fsp3) is 0.235. The van der Waals surface area contributed by atoms with E-state index in [0.717, 1.165) is 11.3 Å². The van der Waals surface area contributed by atoms with Crippen molar-refractivity contribution in [3.8, 4) is 6.07 Å². The van der Waals surface area contributed by atoms with Gasteiger partial charge >= 0.3 is 0 Å². The second kappa shape index (κ2) is 6.58. The van der Waals surface area contributed by atoms with E-state index in [1.807, 2.05) is 0 Å². The summed E-state index contributed by atoms with van der Waals surface area (Å²) in [4.78, 5) is 0. The van der Waals surface area contributed by atoms with Crippen LogP contribution in [-0.2, 0) is 11.5 Å². The van der Waals surface area contributed by atoms with Gasteiger partial charge in [0.05, 0.1) is 11.6 Å². The molecule has 0 aliphatic heterocycles. The lowest BCUT2D eigenvalue weighted by Crippen LogP contribution is -1.91. The molecule has 0 atom stereocenters. The zero-order valence-corrected chi connectivity index (χ0v) is 12.4. The third-order valence-electron chi connectivity index (χ3n) is 3.00. The van der Waals surface area contributed by atoms with Gasteiger partial charge in [-0.15, -0.1) is 0 Å². The minimum Gasteiger partial charge on any atom is -0.207 e. The molecular formula is C17H16FNS. The highest BCUT2D eigenvalue weighted by atomic mass is 32.2. The highest BCUT2D eigenvalue weighted by Crippen LogP contribution is 2.22. The van der Waals surface area contributed by atoms with Gasteiger partial charge in [-0.05, 0) is 43.2 Å². The summed E-state index contributed by atoms with van der Waals surface area (Å²) >= 11 is 1.70. The summed E-state index contributed by atoms with van der Waals surface area (Å²) in [6.07, 6.45) is 0. The van der Waals surface area contributed by atoms with Crippen LogP contribution in [0.1, 0.15) is 27.8 Å². The number of hydrogen-bond acceptors (Lipinski definition) is 2. The summed E-state index contributed by atoms with van der Waals surface area (Å²) in [5.41, 5.74) is 5.09. The van der Waals surface area contributed by atoms with E-state index in [0.29, 0.717) is 11.3 Å². The monoisotopic (exact) mass is 285 g/mol. The van der Waals surface area contributed by atoms with Crippen LogP contribution in [-0.4, -0.2) is 0 Å². The highest BCUT2D eigenvalue weighted by Gasteiger charge is 2.04. The molecule has 0 heterocycles. The molecule has 1 nitrogen and oxygen atoms in total. The standard InChI is InChI=1S/C17H16FNS/c1-12-5-13(2)7-14(6-12)10-20-11-16-8-17(18)4-3-15(16)9-19/h3-8H,10-11H2,1-2H3. The van der Waals surface area contributed by atoms with Crippen molar-refractivity contribution >= 4 is 11.8 Å². The van der Waals surface area contributed by atoms with E-state index in [1.165, 1.54) is 28.8 Å². The molecule has 0 aromatic heterocycles. The molecular weight excluding hydrogens is 269 g/mol. The highest BCUT2D eigenvalue weighted by molar-refractivity contribution is 7.97. The lowest BCUT2D eigenvalue weighted by Gasteiger charge is -2.06. The molecule has 0 saturated carbocycles. The number of rotatable bonds is 4. The van der Waals surface area contributed by atoms with Gasteiger partial charge in [0.2, 0.25) is 0 Å². The minimum atomic E-state index is -0.286. The van der Waals surface area contributed by atoms with Gasteiger partial charge in [-0.2, -0.15) is 17.0 Å². The number of nitrogens with zero attached hydrogens (tertiary/aromatic N) is 1. The zero-order chi connectivity index (χ0) is 14.5. The summed E-state index contributed by atoms with van der Waals surface area (Å²) in [6.45, 7) is 4.17. The van der Waals surface area contributed by atoms with Crippen LogP contribution in [0.4, 0.5) is 4.39 Å². The van der Waals surface area contributed by atoms with Crippen LogP contribution in [0.5, 0.6) is 0 Å². The predicted octanol–water partition coefficient (Wildman–Crippen LogP) is 4.75. The summed E-state index contributed by atoms with van der Waals surface area (Å²) in [6, 6.07) is 12.9. The van der Waals surface area contributed by atoms with Crippen molar-refractivity contribution < 1.29 is 4.39 Å². The molecule has 0 aliphatic rings. The van der Waals surface area contributed by atoms with E-state index in [1.54, 1.807) is 17.8 Å². The van der Waals surface area contributed by atoms with Gasteiger partial charge in [-0.1, -0.05) is 29.3 Å². The normalized spacial score (nSPS) is 10.3. The Morgan fingerprint density at radius 3 is 2.40 bits per heavy atom. The van der Waals surface area contributed by atoms with Crippen molar-refractivity contribution in [2.24, 2.45) is 0 Å². The van der Waals surface area contributed by atoms with Gasteiger partial charge in [0.1, 0.15) is 5.82 Å². The second-order valence-electron chi connectivity index (χ2n) is 4.90. The van der Waals surface area contributed by atoms with Gasteiger partial charge in [0.15, 0.2) is 0 Å². The summed E-state index contributed by atoms with van der Waals surface area (Å²) < 4.78 is 13.2. The van der Waals surface area contributed by atoms with Crippen LogP contribution in [0, 0.1) is 31.0 Å². The molecule has 2 aromatic carbocycles. The Morgan fingerprint density at radius 1 is 1.05 bits per heavy atom. The van der Waals surface area contributed by atoms with Crippen LogP contribution in [0.15, 0.2) is 36.4 Å². The zero-order valence-electron chi connectivity index (χ0n) is 11.6. The Morgan fingerprint density at radius 2 is 1.75 bits per heavy atom. The molecule has 0 radical (unpaired) electrons. The first-order valence-corrected chi connectivity index (χ1v) is 7.57. The lowest BCUT2D eigenvalue weighted by molar-refractivity contribution is 0.626. The van der Waals surface area contributed by atoms with Gasteiger partial charge in [-0.3, -0.25) is 0 Å². The fourth-order valence-corrected chi connectivity index (χ4v) is 3.19. The van der Waals surface area contributed by atoms with E-state index in [-0.39, 0.29) is 5.82 Å². The molecule has 0 aliphatic carbocycles. The van der Waals surface area contributed by atoms with Gasteiger partial charge in [-0.25, -0.2) is 4.39 Å². The Bertz CT molecular complexity index is 638. The van der Waals surface area contributed by atoms with Crippen molar-refractivity contribution in [1.29, 1.82) is 5.26 Å². The van der Waals surface area contributed by atoms with Gasteiger partial charge in [0.25, 0.3) is 0 Å². The van der Waals surface area contributed by atoms with Crippen molar-refractivity contribution in [3.05, 3.63) is 70.0 Å². The van der Waals surface area contributed by atoms with E-state index >= 15 is 0 Å². The minimum absolute atomic E-state index is 0.286. The first kappa shape index (κ1) is 14.6. The molecule has 0 bridgehead atoms. The topological polar surface area (TPSA) is 23.8 Å². The number of hydrogen-bond donors (Lipinski definition) is 0. The van der Waals surface area contributed by atoms with E-state index in [4.69, 9.17) is 5.26 Å². The summed E-state index contributed by atoms with van der Waals surface area (Å²) in [7, 11) is 0. The van der Waals surface area contributed by atoms with E-state index < -0.39 is 0 Å². The number of benzene rings is 2. The van der Waals surface area contributed by atoms with Gasteiger partial charge < -0.3 is 0 Å². The molecule has 0 saturated heterocycles. The number of nitriles is 1. The predicted molar refractivity (Wildman–Crippen MR) is 82.0 cm³/mol. The van der Waals surface area contributed by atoms with E-state index in [9.17, 15) is 4.39 Å². The van der Waals surface area contributed by atoms with Crippen molar-refractivity contribution in [2.75, 3.05) is 0 Å². The SMILES string of the molecule is Cc1cc(C)cc(CSCc2cc(F)ccc2C#N)c1. The average molecular weight is 285 g/mol. The molecule has 0 N–H and O–H groups in total. The largest absolute Gasteiger partial charge is 0.207 e. The first-order valence-electron chi connectivity index (χ1n) is 6.42. The third kappa shape index (κ3) is 3.85. The molecule has 3 heteroatoms. The average Bonchev–Trinajstić information content (AvgIpc) is 2.38. The lowest BCUT2D eigenvalue weighted by atomic mass is 10.1. The fourth-order valence-electron chi connectivity index (χ4n) is 2.22. The summed E-state index contributed by atoms with van der Waals surface area (Å²) in [5, 5.41) is 9.02. The maximum absolute atomic E-state index is 13.2. The number of aryl methyl sites for hydroxylation is 2. The Labute approximate surface area is 123 Å². The molecule has 102 valence electrons. The molecule has 0 amide bonds. The Balaban J connectivity index is 2.03. The maximum atomic E-state index is 13.2. The Hall–Kier alpha value is -1.79. The smallest absolute Gasteiger partial charge is 0.123 e. The molecule has 2 aromatic rings. The van der Waals surface area contributed by atoms with Crippen LogP contribution < -0.4 is 0 Å². The van der Waals surface area contributed by atoms with E-state index in [2.05, 4.69) is 38.1 Å². The molecule has 0 unspecified atom stereocenters.